The number of anilines is 1. The van der Waals surface area contributed by atoms with Gasteiger partial charge in [0.1, 0.15) is 11.5 Å². The standard InChI is InChI=1S/C12H15FN2O5/c1-2-7(16)3-4-14-10-5-8(12(17)18)9(13)6-11(10)15(19)20/h5-7,14,16H,2-4H2,1H3,(H,17,18). The minimum atomic E-state index is -1.51. The van der Waals surface area contributed by atoms with Gasteiger partial charge >= 0.3 is 5.97 Å². The predicted octanol–water partition coefficient (Wildman–Crippen LogP) is 2.00. The lowest BCUT2D eigenvalue weighted by atomic mass is 10.1. The summed E-state index contributed by atoms with van der Waals surface area (Å²) >= 11 is 0. The normalized spacial score (nSPS) is 11.9. The molecule has 1 rings (SSSR count). The Labute approximate surface area is 114 Å². The Morgan fingerprint density at radius 1 is 1.55 bits per heavy atom. The van der Waals surface area contributed by atoms with Gasteiger partial charge in [0.25, 0.3) is 5.69 Å². The molecule has 1 atom stereocenters. The van der Waals surface area contributed by atoms with Crippen LogP contribution in [0.5, 0.6) is 0 Å². The molecule has 0 saturated carbocycles. The third-order valence-electron chi connectivity index (χ3n) is 2.78. The fourth-order valence-corrected chi connectivity index (χ4v) is 1.60. The van der Waals surface area contributed by atoms with Crippen LogP contribution in [0.4, 0.5) is 15.8 Å². The number of nitro groups is 1. The van der Waals surface area contributed by atoms with Crippen molar-refractivity contribution in [3.05, 3.63) is 33.6 Å². The molecule has 0 heterocycles. The number of halogens is 1. The third kappa shape index (κ3) is 3.89. The van der Waals surface area contributed by atoms with Crippen LogP contribution in [-0.4, -0.2) is 33.8 Å². The number of benzene rings is 1. The summed E-state index contributed by atoms with van der Waals surface area (Å²) < 4.78 is 13.4. The first-order valence-corrected chi connectivity index (χ1v) is 6.00. The summed E-state index contributed by atoms with van der Waals surface area (Å²) in [7, 11) is 0. The van der Waals surface area contributed by atoms with Crippen LogP contribution in [0.1, 0.15) is 30.1 Å². The first-order valence-electron chi connectivity index (χ1n) is 6.00. The molecule has 3 N–H and O–H groups in total. The summed E-state index contributed by atoms with van der Waals surface area (Å²) in [6, 6.07) is 1.45. The number of carboxylic acids is 1. The molecule has 0 fully saturated rings. The fourth-order valence-electron chi connectivity index (χ4n) is 1.60. The lowest BCUT2D eigenvalue weighted by molar-refractivity contribution is -0.384. The molecule has 0 aliphatic carbocycles. The van der Waals surface area contributed by atoms with Crippen LogP contribution < -0.4 is 5.32 Å². The molecule has 7 nitrogen and oxygen atoms in total. The Hall–Kier alpha value is -2.22. The van der Waals surface area contributed by atoms with Gasteiger partial charge in [-0.25, -0.2) is 9.18 Å². The highest BCUT2D eigenvalue weighted by Gasteiger charge is 2.21. The molecule has 0 radical (unpaired) electrons. The second-order valence-corrected chi connectivity index (χ2v) is 4.19. The van der Waals surface area contributed by atoms with Crippen molar-refractivity contribution < 1.29 is 24.3 Å². The molecule has 0 bridgehead atoms. The molecule has 0 amide bonds. The maximum absolute atomic E-state index is 13.4. The summed E-state index contributed by atoms with van der Waals surface area (Å²) in [5.41, 5.74) is -1.27. The predicted molar refractivity (Wildman–Crippen MR) is 69.4 cm³/mol. The smallest absolute Gasteiger partial charge is 0.338 e. The highest BCUT2D eigenvalue weighted by molar-refractivity contribution is 5.90. The zero-order valence-corrected chi connectivity index (χ0v) is 10.8. The van der Waals surface area contributed by atoms with Crippen LogP contribution in [0.2, 0.25) is 0 Å². The van der Waals surface area contributed by atoms with Crippen molar-refractivity contribution in [2.45, 2.75) is 25.9 Å². The summed E-state index contributed by atoms with van der Waals surface area (Å²) in [6.45, 7) is 1.99. The van der Waals surface area contributed by atoms with E-state index >= 15 is 0 Å². The molecule has 20 heavy (non-hydrogen) atoms. The number of nitro benzene ring substituents is 1. The second-order valence-electron chi connectivity index (χ2n) is 4.19. The number of rotatable bonds is 7. The molecule has 1 aromatic carbocycles. The molecule has 1 unspecified atom stereocenters. The molecule has 0 saturated heterocycles. The van der Waals surface area contributed by atoms with Gasteiger partial charge in [-0.1, -0.05) is 6.92 Å². The van der Waals surface area contributed by atoms with Crippen molar-refractivity contribution in [3.8, 4) is 0 Å². The van der Waals surface area contributed by atoms with Gasteiger partial charge < -0.3 is 15.5 Å². The molecule has 8 heteroatoms. The zero-order chi connectivity index (χ0) is 15.3. The van der Waals surface area contributed by atoms with Gasteiger partial charge in [0.2, 0.25) is 0 Å². The van der Waals surface area contributed by atoms with Gasteiger partial charge in [-0.3, -0.25) is 10.1 Å². The van der Waals surface area contributed by atoms with Crippen molar-refractivity contribution in [1.82, 2.24) is 0 Å². The number of nitrogens with one attached hydrogen (secondary N) is 1. The van der Waals surface area contributed by atoms with Gasteiger partial charge in [0, 0.05) is 6.54 Å². The number of carbonyl (C=O) groups is 1. The average Bonchev–Trinajstić information content (AvgIpc) is 2.39. The van der Waals surface area contributed by atoms with Gasteiger partial charge in [0.15, 0.2) is 0 Å². The van der Waals surface area contributed by atoms with E-state index < -0.39 is 34.1 Å². The fraction of sp³-hybridized carbons (Fsp3) is 0.417. The Balaban J connectivity index is 2.99. The Morgan fingerprint density at radius 2 is 2.20 bits per heavy atom. The molecule has 0 aliphatic heterocycles. The van der Waals surface area contributed by atoms with Gasteiger partial charge in [-0.15, -0.1) is 0 Å². The van der Waals surface area contributed by atoms with E-state index in [4.69, 9.17) is 5.11 Å². The number of nitrogens with zero attached hydrogens (tertiary/aromatic N) is 1. The van der Waals surface area contributed by atoms with Crippen LogP contribution in [-0.2, 0) is 0 Å². The Morgan fingerprint density at radius 3 is 2.70 bits per heavy atom. The van der Waals surface area contributed by atoms with Gasteiger partial charge in [-0.2, -0.15) is 0 Å². The van der Waals surface area contributed by atoms with Crippen molar-refractivity contribution >= 4 is 17.3 Å². The highest BCUT2D eigenvalue weighted by atomic mass is 19.1. The van der Waals surface area contributed by atoms with Gasteiger partial charge in [-0.05, 0) is 18.9 Å². The zero-order valence-electron chi connectivity index (χ0n) is 10.8. The van der Waals surface area contributed by atoms with E-state index in [-0.39, 0.29) is 12.2 Å². The van der Waals surface area contributed by atoms with E-state index in [0.717, 1.165) is 6.07 Å². The largest absolute Gasteiger partial charge is 0.478 e. The monoisotopic (exact) mass is 286 g/mol. The molecule has 0 aromatic heterocycles. The summed E-state index contributed by atoms with van der Waals surface area (Å²) in [5, 5.41) is 31.6. The quantitative estimate of drug-likeness (QED) is 0.522. The molecule has 0 aliphatic rings. The van der Waals surface area contributed by atoms with E-state index in [0.29, 0.717) is 18.9 Å². The van der Waals surface area contributed by atoms with Gasteiger partial charge in [0.05, 0.1) is 22.7 Å². The Bertz CT molecular complexity index is 521. The van der Waals surface area contributed by atoms with Crippen LogP contribution in [0.25, 0.3) is 0 Å². The number of aliphatic hydroxyl groups excluding tert-OH is 1. The lowest BCUT2D eigenvalue weighted by Gasteiger charge is -2.11. The SMILES string of the molecule is CCC(O)CCNc1cc(C(=O)O)c(F)cc1[N+](=O)[O-]. The van der Waals surface area contributed by atoms with E-state index in [1.807, 2.05) is 0 Å². The lowest BCUT2D eigenvalue weighted by Crippen LogP contribution is -2.14. The third-order valence-corrected chi connectivity index (χ3v) is 2.78. The maximum atomic E-state index is 13.4. The number of hydrogen-bond acceptors (Lipinski definition) is 5. The van der Waals surface area contributed by atoms with Crippen LogP contribution in [0, 0.1) is 15.9 Å². The van der Waals surface area contributed by atoms with Crippen LogP contribution >= 0.6 is 0 Å². The molecule has 0 spiro atoms. The van der Waals surface area contributed by atoms with Crippen molar-refractivity contribution in [1.29, 1.82) is 0 Å². The van der Waals surface area contributed by atoms with E-state index in [2.05, 4.69) is 5.32 Å². The van der Waals surface area contributed by atoms with E-state index in [9.17, 15) is 24.4 Å². The minimum Gasteiger partial charge on any atom is -0.478 e. The average molecular weight is 286 g/mol. The van der Waals surface area contributed by atoms with E-state index in [1.54, 1.807) is 6.92 Å². The maximum Gasteiger partial charge on any atom is 0.338 e. The van der Waals surface area contributed by atoms with E-state index in [1.165, 1.54) is 0 Å². The van der Waals surface area contributed by atoms with Crippen molar-refractivity contribution in [3.63, 3.8) is 0 Å². The minimum absolute atomic E-state index is 0.0860. The molecular weight excluding hydrogens is 271 g/mol. The molecule has 110 valence electrons. The highest BCUT2D eigenvalue weighted by Crippen LogP contribution is 2.28. The number of aromatic carboxylic acids is 1. The molecule has 1 aromatic rings. The molecular formula is C12H15FN2O5. The Kier molecular flexibility index (Phi) is 5.39. The number of aliphatic hydroxyl groups is 1. The first-order chi connectivity index (χ1) is 9.36. The first kappa shape index (κ1) is 15.8. The van der Waals surface area contributed by atoms with Crippen molar-refractivity contribution in [2.24, 2.45) is 0 Å². The summed E-state index contributed by atoms with van der Waals surface area (Å²) in [4.78, 5) is 20.8. The van der Waals surface area contributed by atoms with Crippen LogP contribution in [0.15, 0.2) is 12.1 Å². The topological polar surface area (TPSA) is 113 Å². The summed E-state index contributed by atoms with van der Waals surface area (Å²) in [6.07, 6.45) is 0.321. The number of hydrogen-bond donors (Lipinski definition) is 3. The van der Waals surface area contributed by atoms with Crippen LogP contribution in [0.3, 0.4) is 0 Å². The number of carboxylic acid groups (broad SMARTS) is 1. The summed E-state index contributed by atoms with van der Waals surface area (Å²) in [5.74, 6) is -2.67. The second kappa shape index (κ2) is 6.80. The van der Waals surface area contributed by atoms with Crippen molar-refractivity contribution in [2.75, 3.05) is 11.9 Å².